The predicted octanol–water partition coefficient (Wildman–Crippen LogP) is 1.38. The summed E-state index contributed by atoms with van der Waals surface area (Å²) < 4.78 is 1.73. The SMILES string of the molecule is Cc1ccc(-n2nnc(CO)c2C)cc1. The van der Waals surface area contributed by atoms with Gasteiger partial charge in [0.2, 0.25) is 0 Å². The molecule has 1 aromatic carbocycles. The standard InChI is InChI=1S/C11H13N3O/c1-8-3-5-10(6-4-8)14-9(2)11(7-15)12-13-14/h3-6,15H,7H2,1-2H3. The van der Waals surface area contributed by atoms with Gasteiger partial charge in [0.15, 0.2) is 0 Å². The number of hydrogen-bond donors (Lipinski definition) is 1. The molecule has 0 aliphatic heterocycles. The summed E-state index contributed by atoms with van der Waals surface area (Å²) in [5, 5.41) is 16.9. The van der Waals surface area contributed by atoms with Gasteiger partial charge in [0, 0.05) is 0 Å². The van der Waals surface area contributed by atoms with E-state index in [1.165, 1.54) is 5.56 Å². The fraction of sp³-hybridized carbons (Fsp3) is 0.273. The first-order valence-corrected chi connectivity index (χ1v) is 4.81. The summed E-state index contributed by atoms with van der Waals surface area (Å²) in [6.45, 7) is 3.86. The van der Waals surface area contributed by atoms with Crippen molar-refractivity contribution in [3.63, 3.8) is 0 Å². The molecular weight excluding hydrogens is 190 g/mol. The number of rotatable bonds is 2. The smallest absolute Gasteiger partial charge is 0.111 e. The Morgan fingerprint density at radius 3 is 2.40 bits per heavy atom. The number of aromatic nitrogens is 3. The minimum Gasteiger partial charge on any atom is -0.390 e. The summed E-state index contributed by atoms with van der Waals surface area (Å²) >= 11 is 0. The molecule has 1 N–H and O–H groups in total. The zero-order chi connectivity index (χ0) is 10.8. The maximum atomic E-state index is 9.01. The van der Waals surface area contributed by atoms with Crippen LogP contribution >= 0.6 is 0 Å². The third-order valence-corrected chi connectivity index (χ3v) is 2.42. The number of aryl methyl sites for hydroxylation is 1. The molecule has 4 heteroatoms. The second kappa shape index (κ2) is 3.82. The van der Waals surface area contributed by atoms with E-state index in [0.29, 0.717) is 5.69 Å². The van der Waals surface area contributed by atoms with E-state index in [4.69, 9.17) is 5.11 Å². The lowest BCUT2D eigenvalue weighted by Gasteiger charge is -2.03. The van der Waals surface area contributed by atoms with Crippen molar-refractivity contribution in [2.24, 2.45) is 0 Å². The van der Waals surface area contributed by atoms with Gasteiger partial charge in [0.05, 0.1) is 18.0 Å². The van der Waals surface area contributed by atoms with Crippen molar-refractivity contribution in [2.75, 3.05) is 0 Å². The van der Waals surface area contributed by atoms with Gasteiger partial charge in [-0.1, -0.05) is 22.9 Å². The van der Waals surface area contributed by atoms with Crippen LogP contribution in [0.15, 0.2) is 24.3 Å². The van der Waals surface area contributed by atoms with Crippen LogP contribution in [0.3, 0.4) is 0 Å². The van der Waals surface area contributed by atoms with Crippen LogP contribution < -0.4 is 0 Å². The van der Waals surface area contributed by atoms with Crippen LogP contribution in [0.2, 0.25) is 0 Å². The molecule has 0 unspecified atom stereocenters. The molecule has 0 spiro atoms. The summed E-state index contributed by atoms with van der Waals surface area (Å²) in [6.07, 6.45) is 0. The number of aliphatic hydroxyl groups is 1. The highest BCUT2D eigenvalue weighted by molar-refractivity contribution is 5.35. The van der Waals surface area contributed by atoms with E-state index in [1.807, 2.05) is 38.1 Å². The van der Waals surface area contributed by atoms with Gasteiger partial charge in [0.1, 0.15) is 5.69 Å². The summed E-state index contributed by atoms with van der Waals surface area (Å²) in [5.74, 6) is 0. The van der Waals surface area contributed by atoms with Crippen LogP contribution in [0, 0.1) is 13.8 Å². The van der Waals surface area contributed by atoms with Crippen LogP contribution in [-0.2, 0) is 6.61 Å². The Balaban J connectivity index is 2.45. The molecule has 4 nitrogen and oxygen atoms in total. The predicted molar refractivity (Wildman–Crippen MR) is 56.8 cm³/mol. The van der Waals surface area contributed by atoms with Gasteiger partial charge in [-0.3, -0.25) is 0 Å². The first kappa shape index (κ1) is 9.86. The molecule has 0 aliphatic rings. The van der Waals surface area contributed by atoms with E-state index in [1.54, 1.807) is 4.68 Å². The summed E-state index contributed by atoms with van der Waals surface area (Å²) in [5.41, 5.74) is 3.67. The average Bonchev–Trinajstić information content (AvgIpc) is 2.61. The average molecular weight is 203 g/mol. The van der Waals surface area contributed by atoms with Crippen molar-refractivity contribution in [1.29, 1.82) is 0 Å². The Bertz CT molecular complexity index is 459. The van der Waals surface area contributed by atoms with E-state index in [9.17, 15) is 0 Å². The Kier molecular flexibility index (Phi) is 2.51. The van der Waals surface area contributed by atoms with Crippen molar-refractivity contribution < 1.29 is 5.11 Å². The molecule has 2 rings (SSSR count). The second-order valence-electron chi connectivity index (χ2n) is 3.53. The second-order valence-corrected chi connectivity index (χ2v) is 3.53. The highest BCUT2D eigenvalue weighted by atomic mass is 16.3. The van der Waals surface area contributed by atoms with Crippen molar-refractivity contribution in [2.45, 2.75) is 20.5 Å². The van der Waals surface area contributed by atoms with Crippen molar-refractivity contribution >= 4 is 0 Å². The first-order valence-electron chi connectivity index (χ1n) is 4.81. The van der Waals surface area contributed by atoms with E-state index >= 15 is 0 Å². The highest BCUT2D eigenvalue weighted by Crippen LogP contribution is 2.12. The van der Waals surface area contributed by atoms with Gasteiger partial charge in [0.25, 0.3) is 0 Å². The Morgan fingerprint density at radius 1 is 1.20 bits per heavy atom. The van der Waals surface area contributed by atoms with Crippen molar-refractivity contribution in [3.8, 4) is 5.69 Å². The minimum absolute atomic E-state index is 0.0717. The van der Waals surface area contributed by atoms with Crippen molar-refractivity contribution in [1.82, 2.24) is 15.0 Å². The Labute approximate surface area is 88.2 Å². The first-order chi connectivity index (χ1) is 7.22. The molecule has 0 radical (unpaired) electrons. The summed E-state index contributed by atoms with van der Waals surface area (Å²) in [4.78, 5) is 0. The third kappa shape index (κ3) is 1.76. The molecule has 15 heavy (non-hydrogen) atoms. The zero-order valence-corrected chi connectivity index (χ0v) is 8.81. The summed E-state index contributed by atoms with van der Waals surface area (Å²) in [6, 6.07) is 8.01. The largest absolute Gasteiger partial charge is 0.390 e. The maximum Gasteiger partial charge on any atom is 0.111 e. The highest BCUT2D eigenvalue weighted by Gasteiger charge is 2.08. The van der Waals surface area contributed by atoms with Crippen LogP contribution in [0.1, 0.15) is 17.0 Å². The quantitative estimate of drug-likeness (QED) is 0.802. The number of hydrogen-bond acceptors (Lipinski definition) is 3. The van der Waals surface area contributed by atoms with Gasteiger partial charge in [-0.05, 0) is 26.0 Å². The minimum atomic E-state index is -0.0717. The zero-order valence-electron chi connectivity index (χ0n) is 8.81. The maximum absolute atomic E-state index is 9.01. The molecule has 0 aliphatic carbocycles. The lowest BCUT2D eigenvalue weighted by molar-refractivity contribution is 0.276. The lowest BCUT2D eigenvalue weighted by Crippen LogP contribution is -1.99. The third-order valence-electron chi connectivity index (χ3n) is 2.42. The molecule has 0 saturated heterocycles. The van der Waals surface area contributed by atoms with Crippen LogP contribution in [0.4, 0.5) is 0 Å². The fourth-order valence-corrected chi connectivity index (χ4v) is 1.44. The molecular formula is C11H13N3O. The molecule has 1 heterocycles. The molecule has 78 valence electrons. The molecule has 0 amide bonds. The molecule has 0 saturated carbocycles. The van der Waals surface area contributed by atoms with Gasteiger partial charge in [-0.25, -0.2) is 4.68 Å². The molecule has 0 bridgehead atoms. The molecule has 1 aromatic heterocycles. The van der Waals surface area contributed by atoms with E-state index in [2.05, 4.69) is 10.3 Å². The summed E-state index contributed by atoms with van der Waals surface area (Å²) in [7, 11) is 0. The number of benzene rings is 1. The normalized spacial score (nSPS) is 10.6. The lowest BCUT2D eigenvalue weighted by atomic mass is 10.2. The molecule has 0 atom stereocenters. The van der Waals surface area contributed by atoms with Gasteiger partial charge < -0.3 is 5.11 Å². The van der Waals surface area contributed by atoms with E-state index in [0.717, 1.165) is 11.4 Å². The van der Waals surface area contributed by atoms with Crippen LogP contribution in [-0.4, -0.2) is 20.1 Å². The van der Waals surface area contributed by atoms with Crippen LogP contribution in [0.5, 0.6) is 0 Å². The van der Waals surface area contributed by atoms with Gasteiger partial charge >= 0.3 is 0 Å². The Morgan fingerprint density at radius 2 is 1.87 bits per heavy atom. The molecule has 0 fully saturated rings. The van der Waals surface area contributed by atoms with Gasteiger partial charge in [-0.2, -0.15) is 0 Å². The number of nitrogens with zero attached hydrogens (tertiary/aromatic N) is 3. The Hall–Kier alpha value is -1.68. The fourth-order valence-electron chi connectivity index (χ4n) is 1.44. The van der Waals surface area contributed by atoms with Crippen LogP contribution in [0.25, 0.3) is 5.69 Å². The number of aliphatic hydroxyl groups excluding tert-OH is 1. The monoisotopic (exact) mass is 203 g/mol. The van der Waals surface area contributed by atoms with E-state index < -0.39 is 0 Å². The molecule has 2 aromatic rings. The van der Waals surface area contributed by atoms with Gasteiger partial charge in [-0.15, -0.1) is 5.10 Å². The topological polar surface area (TPSA) is 50.9 Å². The van der Waals surface area contributed by atoms with E-state index in [-0.39, 0.29) is 6.61 Å². The van der Waals surface area contributed by atoms with Crippen molar-refractivity contribution in [3.05, 3.63) is 41.2 Å².